The molecule has 0 aliphatic carbocycles. The highest BCUT2D eigenvalue weighted by Crippen LogP contribution is 1.91. The first-order valence-electron chi connectivity index (χ1n) is 2.83. The summed E-state index contributed by atoms with van der Waals surface area (Å²) in [5.74, 6) is -1.52. The van der Waals surface area contributed by atoms with Gasteiger partial charge in [0.2, 0.25) is 0 Å². The Balaban J connectivity index is 3.30. The van der Waals surface area contributed by atoms with Gasteiger partial charge in [-0.3, -0.25) is 9.59 Å². The molecule has 0 aliphatic heterocycles. The summed E-state index contributed by atoms with van der Waals surface area (Å²) in [5, 5.41) is 8.11. The summed E-state index contributed by atoms with van der Waals surface area (Å²) in [6.45, 7) is 3.32. The predicted molar refractivity (Wildman–Crippen MR) is 33.2 cm³/mol. The Morgan fingerprint density at radius 1 is 1.40 bits per heavy atom. The second kappa shape index (κ2) is 4.78. The van der Waals surface area contributed by atoms with Crippen LogP contribution in [0.15, 0.2) is 0 Å². The van der Waals surface area contributed by atoms with Gasteiger partial charge in [0, 0.05) is 0 Å². The summed E-state index contributed by atoms with van der Waals surface area (Å²) < 4.78 is 4.38. The fourth-order valence-corrected chi connectivity index (χ4v) is 0.395. The zero-order valence-corrected chi connectivity index (χ0v) is 5.50. The van der Waals surface area contributed by atoms with Crippen LogP contribution in [0.5, 0.6) is 0 Å². The van der Waals surface area contributed by atoms with E-state index in [-0.39, 0.29) is 19.4 Å². The molecule has 0 aromatic rings. The Kier molecular flexibility index (Phi) is 4.28. The summed E-state index contributed by atoms with van der Waals surface area (Å²) in [6.07, 6.45) is -0.260. The van der Waals surface area contributed by atoms with Gasteiger partial charge in [-0.2, -0.15) is 0 Å². The van der Waals surface area contributed by atoms with E-state index in [1.54, 1.807) is 0 Å². The van der Waals surface area contributed by atoms with Gasteiger partial charge in [-0.15, -0.1) is 0 Å². The van der Waals surface area contributed by atoms with E-state index in [1.165, 1.54) is 0 Å². The van der Waals surface area contributed by atoms with Gasteiger partial charge in [0.05, 0.1) is 19.4 Å². The third kappa shape index (κ3) is 5.08. The van der Waals surface area contributed by atoms with E-state index < -0.39 is 11.9 Å². The highest BCUT2D eigenvalue weighted by atomic mass is 16.5. The molecular formula is C6H9O4. The van der Waals surface area contributed by atoms with Crippen molar-refractivity contribution < 1.29 is 19.4 Å². The lowest BCUT2D eigenvalue weighted by molar-refractivity contribution is -0.146. The average molecular weight is 145 g/mol. The second-order valence-corrected chi connectivity index (χ2v) is 1.61. The molecule has 0 heterocycles. The molecule has 0 aliphatic rings. The molecule has 4 nitrogen and oxygen atoms in total. The summed E-state index contributed by atoms with van der Waals surface area (Å²) in [5.41, 5.74) is 0. The van der Waals surface area contributed by atoms with Gasteiger partial charge >= 0.3 is 11.9 Å². The maximum Gasteiger partial charge on any atom is 0.306 e. The standard InChI is InChI=1S/C6H9O4/c1-2-10-6(9)4-3-5(7)8/h1-4H2,(H,7,8). The van der Waals surface area contributed by atoms with E-state index in [1.807, 2.05) is 0 Å². The number of carbonyl (C=O) groups excluding carboxylic acids is 1. The maximum absolute atomic E-state index is 10.4. The minimum absolute atomic E-state index is 0.0540. The molecule has 0 bridgehead atoms. The first kappa shape index (κ1) is 8.94. The Morgan fingerprint density at radius 2 is 2.00 bits per heavy atom. The largest absolute Gasteiger partial charge is 0.481 e. The molecule has 1 radical (unpaired) electrons. The summed E-state index contributed by atoms with van der Waals surface area (Å²) in [6, 6.07) is 0. The zero-order valence-electron chi connectivity index (χ0n) is 5.50. The Hall–Kier alpha value is -1.06. The summed E-state index contributed by atoms with van der Waals surface area (Å²) >= 11 is 0. The molecule has 0 spiro atoms. The van der Waals surface area contributed by atoms with E-state index in [0.717, 1.165) is 0 Å². The van der Waals surface area contributed by atoms with E-state index in [4.69, 9.17) is 5.11 Å². The second-order valence-electron chi connectivity index (χ2n) is 1.61. The van der Waals surface area contributed by atoms with Crippen molar-refractivity contribution in [3.63, 3.8) is 0 Å². The van der Waals surface area contributed by atoms with E-state index in [2.05, 4.69) is 11.7 Å². The highest BCUT2D eigenvalue weighted by Gasteiger charge is 2.04. The number of carboxylic acid groups (broad SMARTS) is 1. The fourth-order valence-electron chi connectivity index (χ4n) is 0.395. The number of ether oxygens (including phenoxy) is 1. The number of rotatable bonds is 4. The lowest BCUT2D eigenvalue weighted by Crippen LogP contribution is -2.06. The van der Waals surface area contributed by atoms with Crippen LogP contribution in [0, 0.1) is 6.92 Å². The molecule has 0 rings (SSSR count). The van der Waals surface area contributed by atoms with Gasteiger partial charge in [0.15, 0.2) is 0 Å². The summed E-state index contributed by atoms with van der Waals surface area (Å²) in [4.78, 5) is 20.3. The fraction of sp³-hybridized carbons (Fsp3) is 0.500. The molecule has 1 N–H and O–H groups in total. The maximum atomic E-state index is 10.4. The number of hydrogen-bond acceptors (Lipinski definition) is 3. The van der Waals surface area contributed by atoms with Crippen molar-refractivity contribution in [1.82, 2.24) is 0 Å². The van der Waals surface area contributed by atoms with Crippen LogP contribution < -0.4 is 0 Å². The third-order valence-corrected chi connectivity index (χ3v) is 0.806. The van der Waals surface area contributed by atoms with Gasteiger partial charge < -0.3 is 9.84 Å². The molecule has 0 saturated carbocycles. The SMILES string of the molecule is [CH2]COC(=O)CCC(=O)O. The monoisotopic (exact) mass is 145 g/mol. The van der Waals surface area contributed by atoms with Gasteiger partial charge in [0.1, 0.15) is 0 Å². The van der Waals surface area contributed by atoms with Gasteiger partial charge in [-0.25, -0.2) is 0 Å². The lowest BCUT2D eigenvalue weighted by atomic mass is 10.3. The van der Waals surface area contributed by atoms with Crippen molar-refractivity contribution in [2.75, 3.05) is 6.61 Å². The van der Waals surface area contributed by atoms with Crippen LogP contribution in [0.4, 0.5) is 0 Å². The number of hydrogen-bond donors (Lipinski definition) is 1. The van der Waals surface area contributed by atoms with Crippen LogP contribution in [-0.4, -0.2) is 23.7 Å². The molecule has 10 heavy (non-hydrogen) atoms. The molecule has 0 amide bonds. The lowest BCUT2D eigenvalue weighted by Gasteiger charge is -1.97. The average Bonchev–Trinajstić information content (AvgIpc) is 1.85. The van der Waals surface area contributed by atoms with Crippen LogP contribution >= 0.6 is 0 Å². The normalized spacial score (nSPS) is 8.90. The molecular weight excluding hydrogens is 136 g/mol. The Bertz CT molecular complexity index is 130. The molecule has 4 heteroatoms. The van der Waals surface area contributed by atoms with Crippen LogP contribution in [-0.2, 0) is 14.3 Å². The van der Waals surface area contributed by atoms with Crippen LogP contribution in [0.2, 0.25) is 0 Å². The first-order chi connectivity index (χ1) is 4.66. The highest BCUT2D eigenvalue weighted by molar-refractivity contribution is 5.76. The Morgan fingerprint density at radius 3 is 2.40 bits per heavy atom. The minimum Gasteiger partial charge on any atom is -0.481 e. The first-order valence-corrected chi connectivity index (χ1v) is 2.83. The van der Waals surface area contributed by atoms with Gasteiger partial charge in [0.25, 0.3) is 0 Å². The van der Waals surface area contributed by atoms with Gasteiger partial charge in [-0.1, -0.05) is 0 Å². The van der Waals surface area contributed by atoms with Crippen molar-refractivity contribution in [2.45, 2.75) is 12.8 Å². The molecule has 0 aromatic carbocycles. The Labute approximate surface area is 58.8 Å². The molecule has 0 fully saturated rings. The van der Waals surface area contributed by atoms with Crippen molar-refractivity contribution in [1.29, 1.82) is 0 Å². The van der Waals surface area contributed by atoms with E-state index >= 15 is 0 Å². The molecule has 0 atom stereocenters. The van der Waals surface area contributed by atoms with Crippen molar-refractivity contribution in [3.8, 4) is 0 Å². The van der Waals surface area contributed by atoms with Gasteiger partial charge in [-0.05, 0) is 6.92 Å². The van der Waals surface area contributed by atoms with E-state index in [0.29, 0.717) is 0 Å². The van der Waals surface area contributed by atoms with Crippen molar-refractivity contribution in [3.05, 3.63) is 6.92 Å². The van der Waals surface area contributed by atoms with Crippen LogP contribution in [0.1, 0.15) is 12.8 Å². The predicted octanol–water partition coefficient (Wildman–Crippen LogP) is 0.228. The quantitative estimate of drug-likeness (QED) is 0.575. The number of carbonyl (C=O) groups is 2. The van der Waals surface area contributed by atoms with Crippen molar-refractivity contribution >= 4 is 11.9 Å². The topological polar surface area (TPSA) is 63.6 Å². The number of carboxylic acids is 1. The molecule has 0 saturated heterocycles. The zero-order chi connectivity index (χ0) is 7.98. The number of aliphatic carboxylic acids is 1. The van der Waals surface area contributed by atoms with Crippen LogP contribution in [0.3, 0.4) is 0 Å². The van der Waals surface area contributed by atoms with E-state index in [9.17, 15) is 9.59 Å². The molecule has 0 aromatic heterocycles. The molecule has 57 valence electrons. The summed E-state index contributed by atoms with van der Waals surface area (Å²) in [7, 11) is 0. The smallest absolute Gasteiger partial charge is 0.306 e. The molecule has 0 unspecified atom stereocenters. The third-order valence-electron chi connectivity index (χ3n) is 0.806. The number of esters is 1. The van der Waals surface area contributed by atoms with Crippen LogP contribution in [0.25, 0.3) is 0 Å². The minimum atomic E-state index is -0.999. The van der Waals surface area contributed by atoms with Crippen molar-refractivity contribution in [2.24, 2.45) is 0 Å².